The minimum atomic E-state index is -0.371. The Bertz CT molecular complexity index is 653. The lowest BCUT2D eigenvalue weighted by molar-refractivity contribution is -0.136. The van der Waals surface area contributed by atoms with Crippen LogP contribution in [0, 0.1) is 5.92 Å². The molecular formula is C18H25Cl2N3O3. The number of amides is 3. The van der Waals surface area contributed by atoms with Crippen molar-refractivity contribution >= 4 is 46.6 Å². The summed E-state index contributed by atoms with van der Waals surface area (Å²) in [5.74, 6) is -1.00. The summed E-state index contributed by atoms with van der Waals surface area (Å²) in [6.45, 7) is 5.78. The van der Waals surface area contributed by atoms with Gasteiger partial charge in [0.25, 0.3) is 0 Å². The first-order valence-corrected chi connectivity index (χ1v) is 9.34. The van der Waals surface area contributed by atoms with Crippen LogP contribution in [-0.2, 0) is 14.4 Å². The van der Waals surface area contributed by atoms with Gasteiger partial charge >= 0.3 is 0 Å². The van der Waals surface area contributed by atoms with Gasteiger partial charge in [0.2, 0.25) is 17.7 Å². The maximum atomic E-state index is 12.3. The number of anilines is 1. The summed E-state index contributed by atoms with van der Waals surface area (Å²) >= 11 is 11.9. The second-order valence-corrected chi connectivity index (χ2v) is 6.86. The van der Waals surface area contributed by atoms with Crippen molar-refractivity contribution in [3.63, 3.8) is 0 Å². The van der Waals surface area contributed by atoms with Gasteiger partial charge in [-0.25, -0.2) is 0 Å². The van der Waals surface area contributed by atoms with Gasteiger partial charge in [0.15, 0.2) is 0 Å². The van der Waals surface area contributed by atoms with E-state index in [0.29, 0.717) is 35.1 Å². The molecule has 1 atom stereocenters. The number of hydrogen-bond donors (Lipinski definition) is 2. The summed E-state index contributed by atoms with van der Waals surface area (Å²) in [4.78, 5) is 37.8. The predicted octanol–water partition coefficient (Wildman–Crippen LogP) is 3.33. The summed E-state index contributed by atoms with van der Waals surface area (Å²) < 4.78 is 0. The average Bonchev–Trinajstić information content (AvgIpc) is 2.60. The van der Waals surface area contributed by atoms with Crippen LogP contribution in [0.15, 0.2) is 18.2 Å². The molecule has 0 aliphatic carbocycles. The van der Waals surface area contributed by atoms with Crippen molar-refractivity contribution in [2.75, 3.05) is 25.0 Å². The van der Waals surface area contributed by atoms with Gasteiger partial charge in [-0.15, -0.1) is 0 Å². The lowest BCUT2D eigenvalue weighted by Crippen LogP contribution is -2.44. The Hall–Kier alpha value is -1.79. The molecule has 26 heavy (non-hydrogen) atoms. The molecule has 2 N–H and O–H groups in total. The molecule has 6 nitrogen and oxygen atoms in total. The molecule has 8 heteroatoms. The normalized spacial score (nSPS) is 11.6. The molecule has 0 saturated carbocycles. The summed E-state index contributed by atoms with van der Waals surface area (Å²) in [5, 5.41) is 6.06. The molecule has 0 bridgehead atoms. The number of nitrogens with one attached hydrogen (secondary N) is 2. The molecule has 0 aliphatic rings. The molecule has 1 aromatic carbocycles. The van der Waals surface area contributed by atoms with Gasteiger partial charge in [-0.05, 0) is 31.0 Å². The SMILES string of the molecule is CCCN(CC(=O)Nc1ccc(Cl)cc1Cl)C(=O)CNC(=O)C(C)CC. The Morgan fingerprint density at radius 1 is 1.19 bits per heavy atom. The highest BCUT2D eigenvalue weighted by Crippen LogP contribution is 2.25. The second kappa shape index (κ2) is 11.0. The minimum Gasteiger partial charge on any atom is -0.347 e. The third kappa shape index (κ3) is 7.22. The zero-order valence-electron chi connectivity index (χ0n) is 15.3. The quantitative estimate of drug-likeness (QED) is 0.665. The first-order valence-electron chi connectivity index (χ1n) is 8.58. The van der Waals surface area contributed by atoms with E-state index in [4.69, 9.17) is 23.2 Å². The highest BCUT2D eigenvalue weighted by Gasteiger charge is 2.19. The molecular weight excluding hydrogens is 377 g/mol. The van der Waals surface area contributed by atoms with Gasteiger partial charge in [0.1, 0.15) is 0 Å². The Balaban J connectivity index is 2.64. The number of carbonyl (C=O) groups is 3. The van der Waals surface area contributed by atoms with E-state index in [1.54, 1.807) is 19.1 Å². The van der Waals surface area contributed by atoms with Gasteiger partial charge < -0.3 is 15.5 Å². The third-order valence-corrected chi connectivity index (χ3v) is 4.41. The van der Waals surface area contributed by atoms with E-state index in [1.807, 2.05) is 13.8 Å². The van der Waals surface area contributed by atoms with E-state index in [2.05, 4.69) is 10.6 Å². The summed E-state index contributed by atoms with van der Waals surface area (Å²) in [7, 11) is 0. The molecule has 0 heterocycles. The maximum absolute atomic E-state index is 12.3. The van der Waals surface area contributed by atoms with Crippen LogP contribution in [0.1, 0.15) is 33.6 Å². The lowest BCUT2D eigenvalue weighted by Gasteiger charge is -2.22. The number of benzene rings is 1. The van der Waals surface area contributed by atoms with Crippen LogP contribution in [-0.4, -0.2) is 42.3 Å². The van der Waals surface area contributed by atoms with Crippen molar-refractivity contribution in [1.29, 1.82) is 0 Å². The van der Waals surface area contributed by atoms with E-state index < -0.39 is 0 Å². The Kier molecular flexibility index (Phi) is 9.44. The second-order valence-electron chi connectivity index (χ2n) is 6.01. The van der Waals surface area contributed by atoms with Crippen molar-refractivity contribution in [2.24, 2.45) is 5.92 Å². The number of halogens is 2. The van der Waals surface area contributed by atoms with Crippen LogP contribution in [0.4, 0.5) is 5.69 Å². The molecule has 0 spiro atoms. The van der Waals surface area contributed by atoms with Crippen molar-refractivity contribution in [2.45, 2.75) is 33.6 Å². The molecule has 0 saturated heterocycles. The van der Waals surface area contributed by atoms with Crippen LogP contribution >= 0.6 is 23.2 Å². The monoisotopic (exact) mass is 401 g/mol. The van der Waals surface area contributed by atoms with Crippen molar-refractivity contribution in [1.82, 2.24) is 10.2 Å². The zero-order chi connectivity index (χ0) is 19.7. The van der Waals surface area contributed by atoms with E-state index in [1.165, 1.54) is 11.0 Å². The number of nitrogens with zero attached hydrogens (tertiary/aromatic N) is 1. The van der Waals surface area contributed by atoms with Gasteiger partial charge in [-0.3, -0.25) is 14.4 Å². The van der Waals surface area contributed by atoms with Crippen molar-refractivity contribution in [3.8, 4) is 0 Å². The molecule has 1 aromatic rings. The third-order valence-electron chi connectivity index (χ3n) is 3.86. The van der Waals surface area contributed by atoms with E-state index >= 15 is 0 Å². The number of carbonyl (C=O) groups excluding carboxylic acids is 3. The van der Waals surface area contributed by atoms with Crippen LogP contribution in [0.3, 0.4) is 0 Å². The molecule has 0 aliphatic heterocycles. The Morgan fingerprint density at radius 2 is 1.88 bits per heavy atom. The topological polar surface area (TPSA) is 78.5 Å². The smallest absolute Gasteiger partial charge is 0.244 e. The molecule has 1 rings (SSSR count). The Morgan fingerprint density at radius 3 is 2.46 bits per heavy atom. The fourth-order valence-corrected chi connectivity index (χ4v) is 2.61. The van der Waals surface area contributed by atoms with Crippen LogP contribution < -0.4 is 10.6 Å². The van der Waals surface area contributed by atoms with E-state index in [-0.39, 0.29) is 36.7 Å². The van der Waals surface area contributed by atoms with Crippen LogP contribution in [0.2, 0.25) is 10.0 Å². The molecule has 144 valence electrons. The molecule has 0 radical (unpaired) electrons. The van der Waals surface area contributed by atoms with Gasteiger partial charge in [-0.2, -0.15) is 0 Å². The first kappa shape index (κ1) is 22.3. The Labute approximate surface area is 164 Å². The minimum absolute atomic E-state index is 0.120. The molecule has 1 unspecified atom stereocenters. The first-order chi connectivity index (χ1) is 12.3. The van der Waals surface area contributed by atoms with Crippen LogP contribution in [0.25, 0.3) is 0 Å². The summed E-state index contributed by atoms with van der Waals surface area (Å²) in [6.07, 6.45) is 1.39. The fourth-order valence-electron chi connectivity index (χ4n) is 2.15. The molecule has 0 fully saturated rings. The largest absolute Gasteiger partial charge is 0.347 e. The van der Waals surface area contributed by atoms with Crippen LogP contribution in [0.5, 0.6) is 0 Å². The highest BCUT2D eigenvalue weighted by atomic mass is 35.5. The van der Waals surface area contributed by atoms with Crippen molar-refractivity contribution < 1.29 is 14.4 Å². The van der Waals surface area contributed by atoms with Crippen molar-refractivity contribution in [3.05, 3.63) is 28.2 Å². The summed E-state index contributed by atoms with van der Waals surface area (Å²) in [5.41, 5.74) is 0.426. The van der Waals surface area contributed by atoms with Gasteiger partial charge in [-0.1, -0.05) is 44.0 Å². The number of hydrogen-bond acceptors (Lipinski definition) is 3. The molecule has 3 amide bonds. The fraction of sp³-hybridized carbons (Fsp3) is 0.500. The van der Waals surface area contributed by atoms with Gasteiger partial charge in [0.05, 0.1) is 23.8 Å². The molecule has 0 aromatic heterocycles. The standard InChI is InChI=1S/C18H25Cl2N3O3/c1-4-8-23(17(25)10-21-18(26)12(3)5-2)11-16(24)22-15-7-6-13(19)9-14(15)20/h6-7,9,12H,4-5,8,10-11H2,1-3H3,(H,21,26)(H,22,24). The lowest BCUT2D eigenvalue weighted by atomic mass is 10.1. The maximum Gasteiger partial charge on any atom is 0.244 e. The summed E-state index contributed by atoms with van der Waals surface area (Å²) in [6, 6.07) is 4.74. The average molecular weight is 402 g/mol. The van der Waals surface area contributed by atoms with E-state index in [9.17, 15) is 14.4 Å². The zero-order valence-corrected chi connectivity index (χ0v) is 16.8. The highest BCUT2D eigenvalue weighted by molar-refractivity contribution is 6.36. The predicted molar refractivity (Wildman–Crippen MR) is 104 cm³/mol. The van der Waals surface area contributed by atoms with E-state index in [0.717, 1.165) is 0 Å². The van der Waals surface area contributed by atoms with Gasteiger partial charge in [0, 0.05) is 17.5 Å². The number of rotatable bonds is 9.